The molecule has 0 spiro atoms. The van der Waals surface area contributed by atoms with Gasteiger partial charge in [-0.25, -0.2) is 19.3 Å². The Labute approximate surface area is 160 Å². The van der Waals surface area contributed by atoms with Crippen LogP contribution in [0.2, 0.25) is 0 Å². The number of rotatable bonds is 4. The number of amides is 1. The van der Waals surface area contributed by atoms with Gasteiger partial charge in [0.1, 0.15) is 18.8 Å². The van der Waals surface area contributed by atoms with E-state index in [9.17, 15) is 4.79 Å². The van der Waals surface area contributed by atoms with Crippen LogP contribution in [0.15, 0.2) is 49.1 Å². The summed E-state index contributed by atoms with van der Waals surface area (Å²) in [5, 5.41) is 11.2. The molecule has 3 aromatic heterocycles. The average Bonchev–Trinajstić information content (AvgIpc) is 3.47. The van der Waals surface area contributed by atoms with Gasteiger partial charge in [-0.3, -0.25) is 10.00 Å². The van der Waals surface area contributed by atoms with Crippen LogP contribution >= 0.6 is 0 Å². The highest BCUT2D eigenvalue weighted by atomic mass is 16.6. The molecular weight excluding hydrogens is 358 g/mol. The predicted molar refractivity (Wildman–Crippen MR) is 102 cm³/mol. The minimum atomic E-state index is -0.361. The fraction of sp³-hybridized carbons (Fsp3) is 0.211. The largest absolute Gasteiger partial charge is 0.447 e. The molecule has 140 valence electrons. The molecule has 0 bridgehead atoms. The second-order valence-electron chi connectivity index (χ2n) is 6.52. The second-order valence-corrected chi connectivity index (χ2v) is 6.52. The predicted octanol–water partition coefficient (Wildman–Crippen LogP) is 2.92. The van der Waals surface area contributed by atoms with E-state index in [1.807, 2.05) is 37.4 Å². The highest BCUT2D eigenvalue weighted by Gasteiger charge is 2.34. The SMILES string of the molecule is CCC1COC(=O)N1c1ccn2ncc(-c3ccc(-c4nc[nH]n4)cc3)c2n1. The molecule has 9 heteroatoms. The molecular formula is C19H17N7O2. The van der Waals surface area contributed by atoms with Crippen LogP contribution in [0, 0.1) is 0 Å². The molecule has 1 aromatic carbocycles. The van der Waals surface area contributed by atoms with E-state index in [0.717, 1.165) is 23.1 Å². The Morgan fingerprint density at radius 3 is 2.79 bits per heavy atom. The van der Waals surface area contributed by atoms with E-state index in [4.69, 9.17) is 9.72 Å². The number of H-pyrrole nitrogens is 1. The van der Waals surface area contributed by atoms with Crippen LogP contribution in [0.1, 0.15) is 13.3 Å². The summed E-state index contributed by atoms with van der Waals surface area (Å²) < 4.78 is 6.89. The fourth-order valence-corrected chi connectivity index (χ4v) is 3.39. The zero-order valence-electron chi connectivity index (χ0n) is 15.1. The third kappa shape index (κ3) is 2.59. The molecule has 1 aliphatic rings. The van der Waals surface area contributed by atoms with Crippen molar-refractivity contribution in [2.24, 2.45) is 0 Å². The van der Waals surface area contributed by atoms with Crippen molar-refractivity contribution in [2.75, 3.05) is 11.5 Å². The van der Waals surface area contributed by atoms with Crippen molar-refractivity contribution in [1.29, 1.82) is 0 Å². The monoisotopic (exact) mass is 375 g/mol. The first-order valence-corrected chi connectivity index (χ1v) is 9.01. The zero-order valence-corrected chi connectivity index (χ0v) is 15.1. The van der Waals surface area contributed by atoms with Crippen molar-refractivity contribution < 1.29 is 9.53 Å². The van der Waals surface area contributed by atoms with E-state index in [0.29, 0.717) is 23.9 Å². The molecule has 1 unspecified atom stereocenters. The molecule has 5 rings (SSSR count). The number of hydrogen-bond acceptors (Lipinski definition) is 6. The number of carbonyl (C=O) groups excluding carboxylic acids is 1. The van der Waals surface area contributed by atoms with E-state index in [1.165, 1.54) is 0 Å². The molecule has 1 amide bonds. The summed E-state index contributed by atoms with van der Waals surface area (Å²) in [7, 11) is 0. The molecule has 28 heavy (non-hydrogen) atoms. The lowest BCUT2D eigenvalue weighted by Crippen LogP contribution is -2.33. The summed E-state index contributed by atoms with van der Waals surface area (Å²) in [6, 6.07) is 9.65. The van der Waals surface area contributed by atoms with Crippen molar-refractivity contribution in [2.45, 2.75) is 19.4 Å². The van der Waals surface area contributed by atoms with Gasteiger partial charge in [0.05, 0.1) is 12.2 Å². The summed E-state index contributed by atoms with van der Waals surface area (Å²) in [5.74, 6) is 1.21. The van der Waals surface area contributed by atoms with E-state index >= 15 is 0 Å². The first-order valence-electron chi connectivity index (χ1n) is 9.01. The lowest BCUT2D eigenvalue weighted by Gasteiger charge is -2.19. The van der Waals surface area contributed by atoms with Crippen molar-refractivity contribution in [3.05, 3.63) is 49.1 Å². The lowest BCUT2D eigenvalue weighted by molar-refractivity contribution is 0.178. The average molecular weight is 375 g/mol. The highest BCUT2D eigenvalue weighted by molar-refractivity contribution is 5.90. The number of ether oxygens (including phenoxy) is 1. The fourth-order valence-electron chi connectivity index (χ4n) is 3.39. The summed E-state index contributed by atoms with van der Waals surface area (Å²) >= 11 is 0. The Balaban J connectivity index is 1.54. The molecule has 1 aliphatic heterocycles. The molecule has 0 saturated carbocycles. The van der Waals surface area contributed by atoms with E-state index in [2.05, 4.69) is 20.3 Å². The van der Waals surface area contributed by atoms with Crippen molar-refractivity contribution in [1.82, 2.24) is 29.8 Å². The molecule has 4 heterocycles. The normalized spacial score (nSPS) is 16.7. The van der Waals surface area contributed by atoms with Gasteiger partial charge in [0, 0.05) is 17.3 Å². The maximum atomic E-state index is 12.2. The van der Waals surface area contributed by atoms with Crippen LogP contribution in [0.25, 0.3) is 28.2 Å². The van der Waals surface area contributed by atoms with E-state index < -0.39 is 0 Å². The van der Waals surface area contributed by atoms with E-state index in [-0.39, 0.29) is 12.1 Å². The summed E-state index contributed by atoms with van der Waals surface area (Å²) in [5.41, 5.74) is 3.44. The van der Waals surface area contributed by atoms with Crippen LogP contribution in [-0.2, 0) is 4.74 Å². The molecule has 9 nitrogen and oxygen atoms in total. The Kier molecular flexibility index (Phi) is 3.78. The first kappa shape index (κ1) is 16.4. The second kappa shape index (κ2) is 6.45. The van der Waals surface area contributed by atoms with Gasteiger partial charge in [-0.05, 0) is 18.1 Å². The van der Waals surface area contributed by atoms with Crippen molar-refractivity contribution >= 4 is 17.6 Å². The number of cyclic esters (lactones) is 1. The molecule has 0 radical (unpaired) electrons. The minimum absolute atomic E-state index is 0.00513. The molecule has 1 saturated heterocycles. The van der Waals surface area contributed by atoms with Gasteiger partial charge in [-0.1, -0.05) is 31.2 Å². The number of benzene rings is 1. The smallest absolute Gasteiger partial charge is 0.415 e. The van der Waals surface area contributed by atoms with E-state index in [1.54, 1.807) is 28.0 Å². The van der Waals surface area contributed by atoms with Gasteiger partial charge < -0.3 is 4.74 Å². The summed E-state index contributed by atoms with van der Waals surface area (Å²) in [6.45, 7) is 2.41. The Morgan fingerprint density at radius 1 is 1.21 bits per heavy atom. The molecule has 1 N–H and O–H groups in total. The first-order chi connectivity index (χ1) is 13.7. The van der Waals surface area contributed by atoms with Gasteiger partial charge in [0.25, 0.3) is 0 Å². The Morgan fingerprint density at radius 2 is 2.04 bits per heavy atom. The van der Waals surface area contributed by atoms with Crippen molar-refractivity contribution in [3.8, 4) is 22.5 Å². The van der Waals surface area contributed by atoms with Gasteiger partial charge in [0.15, 0.2) is 11.5 Å². The van der Waals surface area contributed by atoms with Crippen LogP contribution in [-0.4, -0.2) is 48.5 Å². The number of hydrogen-bond donors (Lipinski definition) is 1. The topological polar surface area (TPSA) is 101 Å². The number of fused-ring (bicyclic) bond motifs is 1. The number of aromatic amines is 1. The highest BCUT2D eigenvalue weighted by Crippen LogP contribution is 2.28. The maximum absolute atomic E-state index is 12.2. The lowest BCUT2D eigenvalue weighted by atomic mass is 10.1. The standard InChI is InChI=1S/C19H17N7O2/c1-2-14-10-28-19(27)26(14)16-7-8-25-18(23-16)15(9-22-25)12-3-5-13(6-4-12)17-20-11-21-24-17/h3-9,11,14H,2,10H2,1H3,(H,20,21,24). The minimum Gasteiger partial charge on any atom is -0.447 e. The molecule has 0 aliphatic carbocycles. The number of nitrogens with zero attached hydrogens (tertiary/aromatic N) is 6. The Hall–Kier alpha value is -3.75. The third-order valence-corrected chi connectivity index (χ3v) is 4.90. The number of carbonyl (C=O) groups is 1. The van der Waals surface area contributed by atoms with Crippen LogP contribution in [0.3, 0.4) is 0 Å². The van der Waals surface area contributed by atoms with Crippen molar-refractivity contribution in [3.63, 3.8) is 0 Å². The third-order valence-electron chi connectivity index (χ3n) is 4.90. The maximum Gasteiger partial charge on any atom is 0.415 e. The van der Waals surface area contributed by atoms with Gasteiger partial charge >= 0.3 is 6.09 Å². The van der Waals surface area contributed by atoms with Gasteiger partial charge in [0.2, 0.25) is 0 Å². The van der Waals surface area contributed by atoms with Crippen LogP contribution < -0.4 is 4.90 Å². The quantitative estimate of drug-likeness (QED) is 0.588. The molecule has 4 aromatic rings. The summed E-state index contributed by atoms with van der Waals surface area (Å²) in [6.07, 6.45) is 5.57. The molecule has 1 atom stereocenters. The van der Waals surface area contributed by atoms with Crippen LogP contribution in [0.4, 0.5) is 10.6 Å². The summed E-state index contributed by atoms with van der Waals surface area (Å²) in [4.78, 5) is 22.6. The number of nitrogens with one attached hydrogen (secondary N) is 1. The van der Waals surface area contributed by atoms with Crippen LogP contribution in [0.5, 0.6) is 0 Å². The molecule has 1 fully saturated rings. The Bertz CT molecular complexity index is 1140. The zero-order chi connectivity index (χ0) is 19.1. The number of anilines is 1. The van der Waals surface area contributed by atoms with Gasteiger partial charge in [-0.15, -0.1) is 0 Å². The number of aromatic nitrogens is 6. The van der Waals surface area contributed by atoms with Gasteiger partial charge in [-0.2, -0.15) is 10.2 Å².